The summed E-state index contributed by atoms with van der Waals surface area (Å²) in [5, 5.41) is 0. The van der Waals surface area contributed by atoms with Gasteiger partial charge in [0.15, 0.2) is 0 Å². The van der Waals surface area contributed by atoms with E-state index in [0.29, 0.717) is 0 Å². The molecule has 0 aliphatic heterocycles. The summed E-state index contributed by atoms with van der Waals surface area (Å²) in [6, 6.07) is 0. The average molecular weight is 100 g/mol. The summed E-state index contributed by atoms with van der Waals surface area (Å²) in [6.07, 6.45) is 0. The fourth-order valence-electron chi connectivity index (χ4n) is 0. The van der Waals surface area contributed by atoms with Crippen LogP contribution < -0.4 is 29.6 Å². The number of hydrogen-bond donors (Lipinski definition) is 0. The van der Waals surface area contributed by atoms with Gasteiger partial charge in [0.25, 0.3) is 0 Å². The molecule has 0 N–H and O–H groups in total. The van der Waals surface area contributed by atoms with Crippen LogP contribution >= 0.6 is 9.24 Å². The molecule has 0 aliphatic rings. The van der Waals surface area contributed by atoms with Crippen molar-refractivity contribution in [2.24, 2.45) is 0 Å². The molecule has 0 nitrogen and oxygen atoms in total. The van der Waals surface area contributed by atoms with Gasteiger partial charge in [-0.05, 0) is 5.66 Å². The minimum absolute atomic E-state index is 0. The number of rotatable bonds is 0. The molecule has 5 heavy (non-hydrogen) atoms. The average Bonchev–Trinajstić information content (AvgIpc) is 0.811. The molecule has 0 saturated carbocycles. The van der Waals surface area contributed by atoms with E-state index < -0.39 is 0 Å². The van der Waals surface area contributed by atoms with Crippen molar-refractivity contribution in [3.63, 3.8) is 0 Å². The third-order valence-corrected chi connectivity index (χ3v) is 0. The third kappa shape index (κ3) is 31.2. The van der Waals surface area contributed by atoms with Gasteiger partial charge in [0.1, 0.15) is 0 Å². The monoisotopic (exact) mass is 100 g/mol. The summed E-state index contributed by atoms with van der Waals surface area (Å²) >= 11 is 0. The smallest absolute Gasteiger partial charge is 1.00 e. The Balaban J connectivity index is -0.0000000450. The Labute approximate surface area is 59.7 Å². The molecular weight excluding hydrogens is 90.0 g/mol. The van der Waals surface area contributed by atoms with Crippen LogP contribution in [0, 0.1) is 0 Å². The Morgan fingerprint density at radius 1 is 1.60 bits per heavy atom. The second-order valence-corrected chi connectivity index (χ2v) is 2.58. The first-order chi connectivity index (χ1) is 1.73. The van der Waals surface area contributed by atoms with E-state index in [1.165, 1.54) is 0 Å². The van der Waals surface area contributed by atoms with Crippen molar-refractivity contribution < 1.29 is 31.0 Å². The van der Waals surface area contributed by atoms with Crippen LogP contribution in [0.15, 0.2) is 0 Å². The summed E-state index contributed by atoms with van der Waals surface area (Å²) in [7, 11) is 2.66. The predicted octanol–water partition coefficient (Wildman–Crippen LogP) is -1.61. The Hall–Kier alpha value is 1.43. The zero-order valence-electron chi connectivity index (χ0n) is 5.15. The maximum atomic E-state index is 2.66. The van der Waals surface area contributed by atoms with E-state index in [-0.39, 0.29) is 31.0 Å². The first-order valence-corrected chi connectivity index (χ1v) is 2.15. The van der Waals surface area contributed by atoms with Gasteiger partial charge in [-0.1, -0.05) is 13.8 Å². The Bertz CT molecular complexity index is 15.5. The summed E-state index contributed by atoms with van der Waals surface area (Å²) in [4.78, 5) is 0. The normalized spacial score (nSPS) is 7.20. The van der Waals surface area contributed by atoms with Gasteiger partial charge in [-0.3, -0.25) is 0 Å². The van der Waals surface area contributed by atoms with Crippen LogP contribution in [0.5, 0.6) is 0 Å². The molecule has 0 radical (unpaired) electrons. The van der Waals surface area contributed by atoms with Gasteiger partial charge >= 0.3 is 29.6 Å². The summed E-state index contributed by atoms with van der Waals surface area (Å²) in [5.41, 5.74) is 0.750. The molecule has 1 unspecified atom stereocenters. The third-order valence-electron chi connectivity index (χ3n) is 0. The van der Waals surface area contributed by atoms with Crippen molar-refractivity contribution in [3.05, 3.63) is 0 Å². The van der Waals surface area contributed by atoms with Crippen molar-refractivity contribution in [1.29, 1.82) is 0 Å². The standard InChI is InChI=1S/C3H9P.Na.H/c1-3(2)4;;/h3H,4H2,1-2H3;;/q;+1;-1. The van der Waals surface area contributed by atoms with E-state index in [1.54, 1.807) is 0 Å². The van der Waals surface area contributed by atoms with E-state index >= 15 is 0 Å². The zero-order valence-corrected chi connectivity index (χ0v) is 7.31. The molecule has 0 aliphatic carbocycles. The summed E-state index contributed by atoms with van der Waals surface area (Å²) < 4.78 is 0. The topological polar surface area (TPSA) is 0 Å². The van der Waals surface area contributed by atoms with E-state index in [2.05, 4.69) is 23.1 Å². The van der Waals surface area contributed by atoms with Crippen LogP contribution in [0.1, 0.15) is 15.3 Å². The van der Waals surface area contributed by atoms with Gasteiger partial charge in [0.05, 0.1) is 0 Å². The van der Waals surface area contributed by atoms with Crippen molar-refractivity contribution in [1.82, 2.24) is 0 Å². The molecule has 0 aromatic heterocycles. The van der Waals surface area contributed by atoms with Gasteiger partial charge in [-0.2, -0.15) is 0 Å². The molecule has 0 aromatic carbocycles. The van der Waals surface area contributed by atoms with Crippen molar-refractivity contribution in [2.45, 2.75) is 19.5 Å². The van der Waals surface area contributed by atoms with E-state index in [9.17, 15) is 0 Å². The van der Waals surface area contributed by atoms with Crippen molar-refractivity contribution >= 4 is 9.24 Å². The zero-order chi connectivity index (χ0) is 3.58. The Morgan fingerprint density at radius 2 is 1.60 bits per heavy atom. The Morgan fingerprint density at radius 3 is 1.60 bits per heavy atom. The molecule has 0 rings (SSSR count). The van der Waals surface area contributed by atoms with Crippen LogP contribution in [-0.2, 0) is 0 Å². The van der Waals surface area contributed by atoms with E-state index in [1.807, 2.05) is 0 Å². The van der Waals surface area contributed by atoms with Crippen LogP contribution in [0.3, 0.4) is 0 Å². The second kappa shape index (κ2) is 5.43. The molecule has 0 aromatic rings. The predicted molar refractivity (Wildman–Crippen MR) is 26.0 cm³/mol. The maximum absolute atomic E-state index is 2.66. The molecule has 0 heterocycles. The molecule has 0 saturated heterocycles. The van der Waals surface area contributed by atoms with Gasteiger partial charge in [-0.25, -0.2) is 0 Å². The van der Waals surface area contributed by atoms with Gasteiger partial charge in [0, 0.05) is 0 Å². The van der Waals surface area contributed by atoms with E-state index in [4.69, 9.17) is 0 Å². The number of hydrogen-bond acceptors (Lipinski definition) is 0. The van der Waals surface area contributed by atoms with Crippen LogP contribution in [0.4, 0.5) is 0 Å². The molecule has 0 spiro atoms. The molecular formula is C3H10NaP. The van der Waals surface area contributed by atoms with Gasteiger partial charge in [-0.15, -0.1) is 9.24 Å². The molecule has 0 bridgehead atoms. The van der Waals surface area contributed by atoms with Crippen molar-refractivity contribution in [2.75, 3.05) is 0 Å². The fraction of sp³-hybridized carbons (Fsp3) is 1.00. The first-order valence-electron chi connectivity index (χ1n) is 1.49. The summed E-state index contributed by atoms with van der Waals surface area (Å²) in [6.45, 7) is 4.26. The molecule has 1 atom stereocenters. The van der Waals surface area contributed by atoms with Crippen LogP contribution in [0.25, 0.3) is 0 Å². The molecule has 0 amide bonds. The van der Waals surface area contributed by atoms with Crippen LogP contribution in [-0.4, -0.2) is 5.66 Å². The summed E-state index contributed by atoms with van der Waals surface area (Å²) in [5.74, 6) is 0. The fourth-order valence-corrected chi connectivity index (χ4v) is 0. The minimum Gasteiger partial charge on any atom is -1.00 e. The van der Waals surface area contributed by atoms with Gasteiger partial charge in [0.2, 0.25) is 0 Å². The quantitative estimate of drug-likeness (QED) is 0.254. The largest absolute Gasteiger partial charge is 1.00 e. The molecule has 2 heteroatoms. The second-order valence-electron chi connectivity index (χ2n) is 1.24. The van der Waals surface area contributed by atoms with Crippen molar-refractivity contribution in [3.8, 4) is 0 Å². The molecule has 0 fully saturated rings. The van der Waals surface area contributed by atoms with Gasteiger partial charge < -0.3 is 1.43 Å². The maximum Gasteiger partial charge on any atom is 1.00 e. The SMILES string of the molecule is CC(C)P.[H-].[Na+]. The van der Waals surface area contributed by atoms with Crippen LogP contribution in [0.2, 0.25) is 0 Å². The minimum atomic E-state index is 0. The van der Waals surface area contributed by atoms with E-state index in [0.717, 1.165) is 5.66 Å². The Kier molecular flexibility index (Phi) is 10.5. The molecule has 28 valence electrons. The first kappa shape index (κ1) is 9.66.